The van der Waals surface area contributed by atoms with Gasteiger partial charge in [0.15, 0.2) is 0 Å². The number of carbonyl (C=O) groups excluding carboxylic acids is 1. The molecule has 0 atom stereocenters. The molecule has 2 rings (SSSR count). The molecular formula is C17H24N2O6S. The summed E-state index contributed by atoms with van der Waals surface area (Å²) in [5.74, 6) is -1.51. The summed E-state index contributed by atoms with van der Waals surface area (Å²) >= 11 is 0. The Hall–Kier alpha value is -1.97. The van der Waals surface area contributed by atoms with E-state index >= 15 is 0 Å². The van der Waals surface area contributed by atoms with E-state index in [2.05, 4.69) is 10.0 Å². The zero-order valence-corrected chi connectivity index (χ0v) is 15.6. The first-order valence-electron chi connectivity index (χ1n) is 8.38. The average Bonchev–Trinajstić information content (AvgIpc) is 2.53. The maximum Gasteiger partial charge on any atom is 0.305 e. The summed E-state index contributed by atoms with van der Waals surface area (Å²) in [5.41, 5.74) is -0.737. The van der Waals surface area contributed by atoms with Crippen LogP contribution in [0.3, 0.4) is 0 Å². The zero-order valence-electron chi connectivity index (χ0n) is 14.8. The van der Waals surface area contributed by atoms with Gasteiger partial charge in [-0.2, -0.15) is 0 Å². The lowest BCUT2D eigenvalue weighted by Crippen LogP contribution is -2.53. The zero-order chi connectivity index (χ0) is 19.4. The number of sulfonamides is 1. The fourth-order valence-electron chi connectivity index (χ4n) is 2.89. The molecule has 8 nitrogen and oxygen atoms in total. The maximum atomic E-state index is 12.6. The van der Waals surface area contributed by atoms with Gasteiger partial charge in [-0.3, -0.25) is 9.59 Å². The van der Waals surface area contributed by atoms with Crippen molar-refractivity contribution in [1.29, 1.82) is 0 Å². The Morgan fingerprint density at radius 2 is 1.92 bits per heavy atom. The van der Waals surface area contributed by atoms with Crippen LogP contribution < -0.4 is 10.0 Å². The van der Waals surface area contributed by atoms with Gasteiger partial charge in [0.25, 0.3) is 5.91 Å². The molecule has 3 N–H and O–H groups in total. The molecular weight excluding hydrogens is 360 g/mol. The minimum atomic E-state index is -3.73. The van der Waals surface area contributed by atoms with E-state index < -0.39 is 27.4 Å². The average molecular weight is 384 g/mol. The van der Waals surface area contributed by atoms with Crippen molar-refractivity contribution in [2.75, 3.05) is 13.2 Å². The Balaban J connectivity index is 2.23. The van der Waals surface area contributed by atoms with Crippen molar-refractivity contribution in [2.45, 2.75) is 49.6 Å². The Labute approximate surface area is 153 Å². The van der Waals surface area contributed by atoms with Gasteiger partial charge in [0, 0.05) is 24.8 Å². The molecule has 1 aromatic rings. The standard InChI is InChI=1S/C17H24N2O6S/c1-12(2)19-26(23,24)14-5-3-4-13(10-14)16(22)18-17(11-15(20)21)6-8-25-9-7-17/h3-5,10,12,19H,6-9,11H2,1-2H3,(H,18,22)(H,20,21). The van der Waals surface area contributed by atoms with E-state index in [0.29, 0.717) is 26.1 Å². The number of hydrogen-bond donors (Lipinski definition) is 3. The van der Waals surface area contributed by atoms with Crippen LogP contribution in [0.5, 0.6) is 0 Å². The monoisotopic (exact) mass is 384 g/mol. The van der Waals surface area contributed by atoms with Crippen molar-refractivity contribution in [1.82, 2.24) is 10.0 Å². The number of hydrogen-bond acceptors (Lipinski definition) is 5. The van der Waals surface area contributed by atoms with Crippen LogP contribution in [0, 0.1) is 0 Å². The summed E-state index contributed by atoms with van der Waals surface area (Å²) in [7, 11) is -3.73. The highest BCUT2D eigenvalue weighted by Gasteiger charge is 2.36. The molecule has 0 unspecified atom stereocenters. The summed E-state index contributed by atoms with van der Waals surface area (Å²) < 4.78 is 32.3. The molecule has 0 radical (unpaired) electrons. The summed E-state index contributed by atoms with van der Waals surface area (Å²) in [6, 6.07) is 5.39. The second-order valence-corrected chi connectivity index (χ2v) is 8.44. The Kier molecular flexibility index (Phi) is 6.38. The molecule has 1 saturated heterocycles. The van der Waals surface area contributed by atoms with E-state index in [0.717, 1.165) is 0 Å². The lowest BCUT2D eigenvalue weighted by Gasteiger charge is -2.36. The van der Waals surface area contributed by atoms with Crippen LogP contribution in [-0.2, 0) is 19.6 Å². The van der Waals surface area contributed by atoms with E-state index in [1.807, 2.05) is 0 Å². The van der Waals surface area contributed by atoms with Gasteiger partial charge in [0.1, 0.15) is 0 Å². The molecule has 1 aliphatic rings. The summed E-state index contributed by atoms with van der Waals surface area (Å²) in [6.45, 7) is 4.13. The Morgan fingerprint density at radius 1 is 1.27 bits per heavy atom. The number of rotatable bonds is 7. The fourth-order valence-corrected chi connectivity index (χ4v) is 4.19. The minimum Gasteiger partial charge on any atom is -0.481 e. The third-order valence-corrected chi connectivity index (χ3v) is 5.77. The van der Waals surface area contributed by atoms with Crippen LogP contribution >= 0.6 is 0 Å². The fraction of sp³-hybridized carbons (Fsp3) is 0.529. The predicted molar refractivity (Wildman–Crippen MR) is 94.4 cm³/mol. The van der Waals surface area contributed by atoms with E-state index in [9.17, 15) is 18.0 Å². The Morgan fingerprint density at radius 3 is 2.50 bits per heavy atom. The SMILES string of the molecule is CC(C)NS(=O)(=O)c1cccc(C(=O)NC2(CC(=O)O)CCOCC2)c1. The van der Waals surface area contributed by atoms with Crippen molar-refractivity contribution in [2.24, 2.45) is 0 Å². The summed E-state index contributed by atoms with van der Waals surface area (Å²) in [5, 5.41) is 12.0. The number of benzene rings is 1. The van der Waals surface area contributed by atoms with E-state index in [1.54, 1.807) is 13.8 Å². The smallest absolute Gasteiger partial charge is 0.305 e. The van der Waals surface area contributed by atoms with Crippen molar-refractivity contribution in [3.8, 4) is 0 Å². The number of carboxylic acids is 1. The highest BCUT2D eigenvalue weighted by atomic mass is 32.2. The van der Waals surface area contributed by atoms with Crippen LogP contribution in [0.15, 0.2) is 29.2 Å². The molecule has 0 aliphatic carbocycles. The molecule has 1 fully saturated rings. The second kappa shape index (κ2) is 8.15. The highest BCUT2D eigenvalue weighted by Crippen LogP contribution is 2.25. The van der Waals surface area contributed by atoms with Crippen molar-refractivity contribution in [3.05, 3.63) is 29.8 Å². The van der Waals surface area contributed by atoms with Crippen LogP contribution in [0.4, 0.5) is 0 Å². The number of carbonyl (C=O) groups is 2. The number of carboxylic acid groups (broad SMARTS) is 1. The molecule has 26 heavy (non-hydrogen) atoms. The molecule has 1 aromatic carbocycles. The largest absolute Gasteiger partial charge is 0.481 e. The third-order valence-electron chi connectivity index (χ3n) is 4.12. The lowest BCUT2D eigenvalue weighted by atomic mass is 9.86. The van der Waals surface area contributed by atoms with Gasteiger partial charge in [0.05, 0.1) is 16.9 Å². The van der Waals surface area contributed by atoms with Crippen LogP contribution in [0.2, 0.25) is 0 Å². The van der Waals surface area contributed by atoms with Gasteiger partial charge >= 0.3 is 5.97 Å². The minimum absolute atomic E-state index is 0.0156. The van der Waals surface area contributed by atoms with Crippen LogP contribution in [0.1, 0.15) is 43.5 Å². The van der Waals surface area contributed by atoms with E-state index in [4.69, 9.17) is 9.84 Å². The topological polar surface area (TPSA) is 122 Å². The molecule has 144 valence electrons. The highest BCUT2D eigenvalue weighted by molar-refractivity contribution is 7.89. The van der Waals surface area contributed by atoms with Gasteiger partial charge in [-0.05, 0) is 44.9 Å². The third kappa shape index (κ3) is 5.26. The van der Waals surface area contributed by atoms with E-state index in [1.165, 1.54) is 24.3 Å². The van der Waals surface area contributed by atoms with Crippen LogP contribution in [0.25, 0.3) is 0 Å². The maximum absolute atomic E-state index is 12.6. The van der Waals surface area contributed by atoms with Crippen LogP contribution in [-0.4, -0.2) is 50.2 Å². The van der Waals surface area contributed by atoms with Gasteiger partial charge in [-0.1, -0.05) is 6.07 Å². The lowest BCUT2D eigenvalue weighted by molar-refractivity contribution is -0.139. The second-order valence-electron chi connectivity index (χ2n) is 6.72. The number of aliphatic carboxylic acids is 1. The van der Waals surface area contributed by atoms with Crippen molar-refractivity contribution < 1.29 is 27.9 Å². The Bertz CT molecular complexity index is 769. The predicted octanol–water partition coefficient (Wildman–Crippen LogP) is 1.13. The van der Waals surface area contributed by atoms with Crippen molar-refractivity contribution >= 4 is 21.9 Å². The first-order valence-corrected chi connectivity index (χ1v) is 9.86. The van der Waals surface area contributed by atoms with Gasteiger partial charge in [-0.25, -0.2) is 13.1 Å². The molecule has 1 heterocycles. The molecule has 1 aliphatic heterocycles. The first-order chi connectivity index (χ1) is 12.1. The normalized spacial score (nSPS) is 17.0. The molecule has 0 spiro atoms. The molecule has 0 aromatic heterocycles. The number of ether oxygens (including phenoxy) is 1. The van der Waals surface area contributed by atoms with E-state index in [-0.39, 0.29) is 22.9 Å². The number of amides is 1. The van der Waals surface area contributed by atoms with Gasteiger partial charge in [0.2, 0.25) is 10.0 Å². The molecule has 1 amide bonds. The molecule has 9 heteroatoms. The number of nitrogens with one attached hydrogen (secondary N) is 2. The van der Waals surface area contributed by atoms with Gasteiger partial charge in [-0.15, -0.1) is 0 Å². The molecule has 0 saturated carbocycles. The summed E-state index contributed by atoms with van der Waals surface area (Å²) in [4.78, 5) is 23.8. The molecule has 0 bridgehead atoms. The van der Waals surface area contributed by atoms with Crippen molar-refractivity contribution in [3.63, 3.8) is 0 Å². The first kappa shape index (κ1) is 20.3. The summed E-state index contributed by atoms with van der Waals surface area (Å²) in [6.07, 6.45) is 0.560. The quantitative estimate of drug-likeness (QED) is 0.648. The van der Waals surface area contributed by atoms with Gasteiger partial charge < -0.3 is 15.2 Å².